The average molecular weight is 238 g/mol. The SMILES string of the molecule is CCCCC(CC)n1ccc(C(=O)OCC)n1. The molecule has 1 unspecified atom stereocenters. The molecule has 0 amide bonds. The first kappa shape index (κ1) is 13.7. The molecular formula is C13H22N2O2. The fourth-order valence-corrected chi connectivity index (χ4v) is 1.82. The highest BCUT2D eigenvalue weighted by Crippen LogP contribution is 2.18. The van der Waals surface area contributed by atoms with E-state index < -0.39 is 0 Å². The van der Waals surface area contributed by atoms with Crippen LogP contribution in [-0.2, 0) is 4.74 Å². The van der Waals surface area contributed by atoms with Gasteiger partial charge in [0.25, 0.3) is 0 Å². The zero-order chi connectivity index (χ0) is 12.7. The van der Waals surface area contributed by atoms with Gasteiger partial charge < -0.3 is 4.74 Å². The van der Waals surface area contributed by atoms with Crippen LogP contribution in [0, 0.1) is 0 Å². The van der Waals surface area contributed by atoms with Crippen molar-refractivity contribution in [2.24, 2.45) is 0 Å². The largest absolute Gasteiger partial charge is 0.461 e. The van der Waals surface area contributed by atoms with Crippen molar-refractivity contribution < 1.29 is 9.53 Å². The first-order chi connectivity index (χ1) is 8.22. The summed E-state index contributed by atoms with van der Waals surface area (Å²) in [6.45, 7) is 6.51. The fourth-order valence-electron chi connectivity index (χ4n) is 1.82. The van der Waals surface area contributed by atoms with Crippen molar-refractivity contribution in [1.29, 1.82) is 0 Å². The number of hydrogen-bond donors (Lipinski definition) is 0. The lowest BCUT2D eigenvalue weighted by Crippen LogP contribution is -2.11. The number of unbranched alkanes of at least 4 members (excludes halogenated alkanes) is 1. The predicted octanol–water partition coefficient (Wildman–Crippen LogP) is 3.20. The highest BCUT2D eigenvalue weighted by molar-refractivity contribution is 5.86. The van der Waals surface area contributed by atoms with Crippen LogP contribution in [0.3, 0.4) is 0 Å². The van der Waals surface area contributed by atoms with Gasteiger partial charge in [-0.2, -0.15) is 5.10 Å². The van der Waals surface area contributed by atoms with Crippen LogP contribution in [0.2, 0.25) is 0 Å². The Morgan fingerprint density at radius 3 is 2.82 bits per heavy atom. The van der Waals surface area contributed by atoms with E-state index in [4.69, 9.17) is 4.74 Å². The first-order valence-corrected chi connectivity index (χ1v) is 6.45. The van der Waals surface area contributed by atoms with Crippen molar-refractivity contribution in [2.45, 2.75) is 52.5 Å². The van der Waals surface area contributed by atoms with E-state index in [0.29, 0.717) is 18.3 Å². The van der Waals surface area contributed by atoms with Gasteiger partial charge in [-0.05, 0) is 25.8 Å². The van der Waals surface area contributed by atoms with Crippen LogP contribution in [0.25, 0.3) is 0 Å². The molecule has 0 radical (unpaired) electrons. The van der Waals surface area contributed by atoms with Crippen molar-refractivity contribution in [3.63, 3.8) is 0 Å². The topological polar surface area (TPSA) is 44.1 Å². The minimum atomic E-state index is -0.336. The molecule has 1 atom stereocenters. The maximum atomic E-state index is 11.5. The van der Waals surface area contributed by atoms with Crippen molar-refractivity contribution in [1.82, 2.24) is 9.78 Å². The highest BCUT2D eigenvalue weighted by atomic mass is 16.5. The van der Waals surface area contributed by atoms with Crippen molar-refractivity contribution in [2.75, 3.05) is 6.61 Å². The van der Waals surface area contributed by atoms with Gasteiger partial charge in [0.1, 0.15) is 0 Å². The quantitative estimate of drug-likeness (QED) is 0.685. The van der Waals surface area contributed by atoms with Crippen LogP contribution < -0.4 is 0 Å². The Hall–Kier alpha value is -1.32. The standard InChI is InChI=1S/C13H22N2O2/c1-4-7-8-11(5-2)15-10-9-12(14-15)13(16)17-6-3/h9-11H,4-8H2,1-3H3. The fraction of sp³-hybridized carbons (Fsp3) is 0.692. The van der Waals surface area contributed by atoms with Gasteiger partial charge in [0, 0.05) is 6.20 Å². The summed E-state index contributed by atoms with van der Waals surface area (Å²) in [5, 5.41) is 4.29. The van der Waals surface area contributed by atoms with Gasteiger partial charge in [0.2, 0.25) is 0 Å². The molecule has 1 heterocycles. The third kappa shape index (κ3) is 3.88. The molecule has 1 aromatic rings. The van der Waals surface area contributed by atoms with Crippen LogP contribution in [0.15, 0.2) is 12.3 Å². The van der Waals surface area contributed by atoms with Crippen LogP contribution in [0.4, 0.5) is 0 Å². The van der Waals surface area contributed by atoms with E-state index in [0.717, 1.165) is 12.8 Å². The molecule has 0 saturated carbocycles. The molecule has 0 aliphatic rings. The summed E-state index contributed by atoms with van der Waals surface area (Å²) in [7, 11) is 0. The molecule has 1 aromatic heterocycles. The minimum absolute atomic E-state index is 0.336. The molecular weight excluding hydrogens is 216 g/mol. The van der Waals surface area contributed by atoms with Gasteiger partial charge in [-0.15, -0.1) is 0 Å². The molecule has 0 aromatic carbocycles. The smallest absolute Gasteiger partial charge is 0.358 e. The first-order valence-electron chi connectivity index (χ1n) is 6.45. The van der Waals surface area contributed by atoms with E-state index >= 15 is 0 Å². The molecule has 0 N–H and O–H groups in total. The highest BCUT2D eigenvalue weighted by Gasteiger charge is 2.14. The lowest BCUT2D eigenvalue weighted by atomic mass is 10.1. The molecule has 0 bridgehead atoms. The Morgan fingerprint density at radius 1 is 1.47 bits per heavy atom. The molecule has 0 fully saturated rings. The summed E-state index contributed by atoms with van der Waals surface area (Å²) < 4.78 is 6.81. The third-order valence-electron chi connectivity index (χ3n) is 2.83. The minimum Gasteiger partial charge on any atom is -0.461 e. The van der Waals surface area contributed by atoms with E-state index in [1.165, 1.54) is 12.8 Å². The average Bonchev–Trinajstić information content (AvgIpc) is 2.80. The van der Waals surface area contributed by atoms with Gasteiger partial charge in [-0.25, -0.2) is 4.79 Å². The van der Waals surface area contributed by atoms with Gasteiger partial charge in [0.05, 0.1) is 12.6 Å². The van der Waals surface area contributed by atoms with Crippen molar-refractivity contribution >= 4 is 5.97 Å². The van der Waals surface area contributed by atoms with Crippen molar-refractivity contribution in [3.8, 4) is 0 Å². The summed E-state index contributed by atoms with van der Waals surface area (Å²) >= 11 is 0. The van der Waals surface area contributed by atoms with E-state index in [9.17, 15) is 4.79 Å². The lowest BCUT2D eigenvalue weighted by molar-refractivity contribution is 0.0518. The lowest BCUT2D eigenvalue weighted by Gasteiger charge is -2.14. The number of nitrogens with zero attached hydrogens (tertiary/aromatic N) is 2. The summed E-state index contributed by atoms with van der Waals surface area (Å²) in [5.74, 6) is -0.336. The number of carbonyl (C=O) groups is 1. The number of rotatable bonds is 7. The predicted molar refractivity (Wildman–Crippen MR) is 67.0 cm³/mol. The molecule has 96 valence electrons. The summed E-state index contributed by atoms with van der Waals surface area (Å²) in [6.07, 6.45) is 6.38. The van der Waals surface area contributed by atoms with Crippen LogP contribution in [0.1, 0.15) is 63.0 Å². The van der Waals surface area contributed by atoms with E-state index in [2.05, 4.69) is 18.9 Å². The molecule has 4 nitrogen and oxygen atoms in total. The Labute approximate surface area is 103 Å². The maximum Gasteiger partial charge on any atom is 0.358 e. The summed E-state index contributed by atoms with van der Waals surface area (Å²) in [4.78, 5) is 11.5. The van der Waals surface area contributed by atoms with Gasteiger partial charge in [-0.3, -0.25) is 4.68 Å². The zero-order valence-corrected chi connectivity index (χ0v) is 11.0. The van der Waals surface area contributed by atoms with E-state index in [1.54, 1.807) is 13.0 Å². The van der Waals surface area contributed by atoms with Crippen LogP contribution >= 0.6 is 0 Å². The third-order valence-corrected chi connectivity index (χ3v) is 2.83. The zero-order valence-electron chi connectivity index (χ0n) is 11.0. The van der Waals surface area contributed by atoms with Crippen LogP contribution in [-0.4, -0.2) is 22.4 Å². The summed E-state index contributed by atoms with van der Waals surface area (Å²) in [6, 6.07) is 2.12. The van der Waals surface area contributed by atoms with E-state index in [-0.39, 0.29) is 5.97 Å². The number of esters is 1. The maximum absolute atomic E-state index is 11.5. The number of hydrogen-bond acceptors (Lipinski definition) is 3. The van der Waals surface area contributed by atoms with Crippen molar-refractivity contribution in [3.05, 3.63) is 18.0 Å². The van der Waals surface area contributed by atoms with Gasteiger partial charge in [-0.1, -0.05) is 26.7 Å². The molecule has 17 heavy (non-hydrogen) atoms. The Kier molecular flexibility index (Phi) is 5.73. The van der Waals surface area contributed by atoms with Crippen LogP contribution in [0.5, 0.6) is 0 Å². The van der Waals surface area contributed by atoms with E-state index in [1.807, 2.05) is 10.9 Å². The van der Waals surface area contributed by atoms with Gasteiger partial charge >= 0.3 is 5.97 Å². The number of aromatic nitrogens is 2. The van der Waals surface area contributed by atoms with Gasteiger partial charge in [0.15, 0.2) is 5.69 Å². The molecule has 4 heteroatoms. The second-order valence-electron chi connectivity index (χ2n) is 4.11. The number of ether oxygens (including phenoxy) is 1. The molecule has 1 rings (SSSR count). The Balaban J connectivity index is 2.67. The molecule has 0 aliphatic carbocycles. The summed E-state index contributed by atoms with van der Waals surface area (Å²) in [5.41, 5.74) is 0.404. The number of carbonyl (C=O) groups excluding carboxylic acids is 1. The molecule has 0 saturated heterocycles. The monoisotopic (exact) mass is 238 g/mol. The second-order valence-corrected chi connectivity index (χ2v) is 4.11. The Bertz CT molecular complexity index is 347. The molecule has 0 spiro atoms. The second kappa shape index (κ2) is 7.09. The Morgan fingerprint density at radius 2 is 2.24 bits per heavy atom. The molecule has 0 aliphatic heterocycles. The normalized spacial score (nSPS) is 12.4.